The highest BCUT2D eigenvalue weighted by molar-refractivity contribution is 7.85. The van der Waals surface area contributed by atoms with E-state index in [-0.39, 0.29) is 11.8 Å². The van der Waals surface area contributed by atoms with E-state index in [4.69, 9.17) is 4.98 Å². The minimum atomic E-state index is -1.00. The number of aromatic nitrogens is 1. The first kappa shape index (κ1) is 20.9. The van der Waals surface area contributed by atoms with E-state index >= 15 is 0 Å². The summed E-state index contributed by atoms with van der Waals surface area (Å²) in [5, 5.41) is 3.91. The Morgan fingerprint density at radius 1 is 1.12 bits per heavy atom. The van der Waals surface area contributed by atoms with Crippen LogP contribution in [0.15, 0.2) is 53.4 Å². The largest absolute Gasteiger partial charge is 0.370 e. The van der Waals surface area contributed by atoms with Crippen molar-refractivity contribution in [2.45, 2.75) is 24.8 Å². The molecular weight excluding hydrogens is 420 g/mol. The number of nitrogens with one attached hydrogen (secondary N) is 1. The smallest absolute Gasteiger partial charge is 0.224 e. The Balaban J connectivity index is 1.56. The number of benzene rings is 2. The van der Waals surface area contributed by atoms with Crippen molar-refractivity contribution in [2.24, 2.45) is 5.92 Å². The topological polar surface area (TPSA) is 65.5 Å². The van der Waals surface area contributed by atoms with Crippen molar-refractivity contribution in [3.63, 3.8) is 0 Å². The molecule has 2 aliphatic rings. The quantitative estimate of drug-likeness (QED) is 0.666. The molecule has 2 atom stereocenters. The molecule has 3 heterocycles. The number of rotatable bonds is 3. The van der Waals surface area contributed by atoms with Crippen LogP contribution in [0.25, 0.3) is 10.9 Å². The highest BCUT2D eigenvalue weighted by atomic mass is 32.2. The third kappa shape index (κ3) is 3.86. The summed E-state index contributed by atoms with van der Waals surface area (Å²) in [4.78, 5) is 22.7. The molecule has 5 rings (SSSR count). The lowest BCUT2D eigenvalue weighted by Crippen LogP contribution is -2.30. The summed E-state index contributed by atoms with van der Waals surface area (Å²) < 4.78 is 12.8. The number of aryl methyl sites for hydroxylation is 1. The molecule has 1 saturated heterocycles. The van der Waals surface area contributed by atoms with Gasteiger partial charge in [-0.3, -0.25) is 9.00 Å². The average molecular weight is 449 g/mol. The molecule has 166 valence electrons. The number of hydrogen-bond acceptors (Lipinski definition) is 5. The Labute approximate surface area is 191 Å². The molecule has 0 aliphatic carbocycles. The highest BCUT2D eigenvalue weighted by Gasteiger charge is 2.29. The van der Waals surface area contributed by atoms with Crippen LogP contribution in [-0.2, 0) is 22.1 Å². The fourth-order valence-corrected chi connectivity index (χ4v) is 6.03. The van der Waals surface area contributed by atoms with Crippen LogP contribution >= 0.6 is 0 Å². The van der Waals surface area contributed by atoms with Gasteiger partial charge >= 0.3 is 0 Å². The Morgan fingerprint density at radius 2 is 1.97 bits per heavy atom. The van der Waals surface area contributed by atoms with Crippen LogP contribution in [0.5, 0.6) is 0 Å². The van der Waals surface area contributed by atoms with E-state index in [2.05, 4.69) is 52.4 Å². The van der Waals surface area contributed by atoms with Crippen LogP contribution in [0.1, 0.15) is 17.5 Å². The van der Waals surface area contributed by atoms with Gasteiger partial charge in [-0.05, 0) is 37.1 Å². The molecule has 3 aromatic rings. The van der Waals surface area contributed by atoms with Crippen molar-refractivity contribution in [1.29, 1.82) is 0 Å². The van der Waals surface area contributed by atoms with Crippen LogP contribution in [0.3, 0.4) is 0 Å². The zero-order chi connectivity index (χ0) is 22.2. The molecule has 1 aromatic heterocycles. The Morgan fingerprint density at radius 3 is 2.81 bits per heavy atom. The summed E-state index contributed by atoms with van der Waals surface area (Å²) in [7, 11) is 0.704. The minimum Gasteiger partial charge on any atom is -0.370 e. The maximum Gasteiger partial charge on any atom is 0.224 e. The lowest BCUT2D eigenvalue weighted by atomic mass is 10.1. The number of pyridine rings is 1. The van der Waals surface area contributed by atoms with Crippen molar-refractivity contribution in [3.05, 3.63) is 59.7 Å². The average Bonchev–Trinajstić information content (AvgIpc) is 3.24. The zero-order valence-corrected chi connectivity index (χ0v) is 19.3. The maximum atomic E-state index is 12.8. The summed E-state index contributed by atoms with van der Waals surface area (Å²) in [5.74, 6) is 1.59. The van der Waals surface area contributed by atoms with E-state index in [1.54, 1.807) is 7.05 Å². The number of carbonyl (C=O) groups excluding carboxylic acids is 1. The third-order valence-electron chi connectivity index (χ3n) is 6.52. The van der Waals surface area contributed by atoms with Gasteiger partial charge in [0.05, 0.1) is 22.2 Å². The molecule has 0 radical (unpaired) electrons. The van der Waals surface area contributed by atoms with Gasteiger partial charge in [-0.1, -0.05) is 29.8 Å². The zero-order valence-electron chi connectivity index (χ0n) is 18.5. The number of carbonyl (C=O) groups is 1. The van der Waals surface area contributed by atoms with Crippen LogP contribution in [0.4, 0.5) is 11.5 Å². The van der Waals surface area contributed by atoms with E-state index in [1.165, 1.54) is 5.56 Å². The van der Waals surface area contributed by atoms with Gasteiger partial charge in [0.2, 0.25) is 5.91 Å². The van der Waals surface area contributed by atoms with Gasteiger partial charge in [0.15, 0.2) is 0 Å². The summed E-state index contributed by atoms with van der Waals surface area (Å²) in [5.41, 5.74) is 4.36. The predicted molar refractivity (Wildman–Crippen MR) is 130 cm³/mol. The molecule has 2 aliphatic heterocycles. The van der Waals surface area contributed by atoms with Crippen LogP contribution < -0.4 is 15.1 Å². The second kappa shape index (κ2) is 8.54. The van der Waals surface area contributed by atoms with Crippen LogP contribution in [0.2, 0.25) is 0 Å². The minimum absolute atomic E-state index is 0.00367. The maximum absolute atomic E-state index is 12.8. The second-order valence-corrected chi connectivity index (χ2v) is 10.2. The lowest BCUT2D eigenvalue weighted by Gasteiger charge is -2.26. The van der Waals surface area contributed by atoms with Gasteiger partial charge in [-0.15, -0.1) is 0 Å². The summed E-state index contributed by atoms with van der Waals surface area (Å²) in [6.45, 7) is 5.02. The Kier molecular flexibility index (Phi) is 5.59. The molecule has 6 nitrogen and oxygen atoms in total. The van der Waals surface area contributed by atoms with Crippen molar-refractivity contribution in [2.75, 3.05) is 42.2 Å². The normalized spacial score (nSPS) is 20.8. The van der Waals surface area contributed by atoms with Gasteiger partial charge in [0.1, 0.15) is 5.82 Å². The third-order valence-corrected chi connectivity index (χ3v) is 7.97. The SMILES string of the molecule is CNC(=O)C1CCN(c2cc(N3CCS(=O)c4ccccc4C3)nc3ccc(C)cc23)C1. The number of anilines is 2. The van der Waals surface area contributed by atoms with E-state index < -0.39 is 10.8 Å². The molecule has 1 fully saturated rings. The highest BCUT2D eigenvalue weighted by Crippen LogP contribution is 2.35. The molecule has 2 unspecified atom stereocenters. The molecule has 7 heteroatoms. The molecule has 0 spiro atoms. The lowest BCUT2D eigenvalue weighted by molar-refractivity contribution is -0.123. The monoisotopic (exact) mass is 448 g/mol. The molecule has 1 N–H and O–H groups in total. The first-order valence-corrected chi connectivity index (χ1v) is 12.4. The summed E-state index contributed by atoms with van der Waals surface area (Å²) in [6, 6.07) is 16.5. The van der Waals surface area contributed by atoms with Gasteiger partial charge in [-0.25, -0.2) is 4.98 Å². The second-order valence-electron chi connectivity index (χ2n) is 8.64. The van der Waals surface area contributed by atoms with Gasteiger partial charge in [0, 0.05) is 61.0 Å². The first-order valence-electron chi connectivity index (χ1n) is 11.1. The molecule has 0 bridgehead atoms. The molecule has 0 saturated carbocycles. The van der Waals surface area contributed by atoms with Gasteiger partial charge in [-0.2, -0.15) is 0 Å². The number of fused-ring (bicyclic) bond motifs is 2. The van der Waals surface area contributed by atoms with Crippen molar-refractivity contribution < 1.29 is 9.00 Å². The standard InChI is InChI=1S/C25H28N4O2S/c1-17-7-8-21-20(13-17)22(28-10-9-19(16-28)25(30)26-2)14-24(27-21)29-11-12-32(31)23-6-4-3-5-18(23)15-29/h3-8,13-14,19H,9-12,15-16H2,1-2H3,(H,26,30). The number of nitrogens with zero attached hydrogens (tertiary/aromatic N) is 3. The molecule has 32 heavy (non-hydrogen) atoms. The number of amides is 1. The van der Waals surface area contributed by atoms with Crippen molar-refractivity contribution >= 4 is 39.1 Å². The van der Waals surface area contributed by atoms with E-state index in [0.29, 0.717) is 25.4 Å². The van der Waals surface area contributed by atoms with E-state index in [0.717, 1.165) is 45.8 Å². The van der Waals surface area contributed by atoms with Crippen molar-refractivity contribution in [1.82, 2.24) is 10.3 Å². The van der Waals surface area contributed by atoms with E-state index in [1.807, 2.05) is 18.2 Å². The molecule has 2 aromatic carbocycles. The fourth-order valence-electron chi connectivity index (χ4n) is 4.77. The summed E-state index contributed by atoms with van der Waals surface area (Å²) in [6.07, 6.45) is 0.848. The van der Waals surface area contributed by atoms with Crippen LogP contribution in [0, 0.1) is 12.8 Å². The molecule has 1 amide bonds. The molecular formula is C25H28N4O2S. The van der Waals surface area contributed by atoms with E-state index in [9.17, 15) is 9.00 Å². The Bertz CT molecular complexity index is 1210. The van der Waals surface area contributed by atoms with Gasteiger partial charge < -0.3 is 15.1 Å². The van der Waals surface area contributed by atoms with Crippen LogP contribution in [-0.4, -0.2) is 47.5 Å². The van der Waals surface area contributed by atoms with Gasteiger partial charge in [0.25, 0.3) is 0 Å². The van der Waals surface area contributed by atoms with Crippen molar-refractivity contribution in [3.8, 4) is 0 Å². The Hall–Kier alpha value is -2.93. The predicted octanol–water partition coefficient (Wildman–Crippen LogP) is 3.24. The summed E-state index contributed by atoms with van der Waals surface area (Å²) >= 11 is 0. The first-order chi connectivity index (χ1) is 15.5. The number of hydrogen-bond donors (Lipinski definition) is 1. The fraction of sp³-hybridized carbons (Fsp3) is 0.360.